The Balaban J connectivity index is 1.77. The van der Waals surface area contributed by atoms with Gasteiger partial charge in [0.05, 0.1) is 17.5 Å². The predicted molar refractivity (Wildman–Crippen MR) is 130 cm³/mol. The lowest BCUT2D eigenvalue weighted by Crippen LogP contribution is -2.43. The second kappa shape index (κ2) is 10.7. The number of carbonyl (C=O) groups is 2. The SMILES string of the molecule is CC(C)(C)OC(=O)O[C@H]1CN(C(=O)OC(C)(C)C)[C@H](Cc2ccc(-c3cnc(C(F)F)s3)cc2)[C@@H]1O. The van der Waals surface area contributed by atoms with Gasteiger partial charge in [0.1, 0.15) is 17.3 Å². The number of rotatable bonds is 5. The molecular weight excluding hydrogens is 494 g/mol. The highest BCUT2D eigenvalue weighted by atomic mass is 32.1. The van der Waals surface area contributed by atoms with Gasteiger partial charge in [-0.3, -0.25) is 4.90 Å². The Bertz CT molecular complexity index is 1060. The summed E-state index contributed by atoms with van der Waals surface area (Å²) in [5.41, 5.74) is -0.0246. The van der Waals surface area contributed by atoms with Crippen LogP contribution in [0, 0.1) is 0 Å². The van der Waals surface area contributed by atoms with Crippen molar-refractivity contribution in [2.45, 2.75) is 83.8 Å². The number of halogens is 2. The van der Waals surface area contributed by atoms with Crippen molar-refractivity contribution in [3.05, 3.63) is 41.0 Å². The molecule has 0 spiro atoms. The number of benzene rings is 1. The van der Waals surface area contributed by atoms with Crippen molar-refractivity contribution in [2.75, 3.05) is 6.54 Å². The maximum absolute atomic E-state index is 12.9. The van der Waals surface area contributed by atoms with Gasteiger partial charge in [-0.15, -0.1) is 11.3 Å². The van der Waals surface area contributed by atoms with Crippen molar-refractivity contribution in [2.24, 2.45) is 0 Å². The number of hydrogen-bond donors (Lipinski definition) is 1. The first-order valence-electron chi connectivity index (χ1n) is 11.5. The van der Waals surface area contributed by atoms with Gasteiger partial charge in [0, 0.05) is 6.20 Å². The van der Waals surface area contributed by atoms with E-state index < -0.39 is 48.1 Å². The van der Waals surface area contributed by atoms with Gasteiger partial charge < -0.3 is 19.3 Å². The molecule has 36 heavy (non-hydrogen) atoms. The van der Waals surface area contributed by atoms with Gasteiger partial charge in [0.25, 0.3) is 6.43 Å². The molecule has 3 atom stereocenters. The van der Waals surface area contributed by atoms with E-state index in [0.717, 1.165) is 22.5 Å². The molecule has 8 nitrogen and oxygen atoms in total. The number of carbonyl (C=O) groups excluding carboxylic acids is 2. The maximum atomic E-state index is 12.9. The Morgan fingerprint density at radius 1 is 1.11 bits per heavy atom. The van der Waals surface area contributed by atoms with Crippen LogP contribution in [-0.4, -0.2) is 63.2 Å². The maximum Gasteiger partial charge on any atom is 0.509 e. The van der Waals surface area contributed by atoms with E-state index in [2.05, 4.69) is 4.98 Å². The average molecular weight is 527 g/mol. The van der Waals surface area contributed by atoms with Crippen LogP contribution >= 0.6 is 11.3 Å². The topological polar surface area (TPSA) is 98.2 Å². The quantitative estimate of drug-likeness (QED) is 0.507. The van der Waals surface area contributed by atoms with Crippen LogP contribution < -0.4 is 0 Å². The first-order chi connectivity index (χ1) is 16.6. The summed E-state index contributed by atoms with van der Waals surface area (Å²) in [6.45, 7) is 10.2. The molecular formula is C25H32F2N2O6S. The molecule has 0 aliphatic carbocycles. The Hall–Kier alpha value is -2.79. The minimum Gasteiger partial charge on any atom is -0.444 e. The van der Waals surface area contributed by atoms with Crippen molar-refractivity contribution in [3.8, 4) is 10.4 Å². The first kappa shape index (κ1) is 27.8. The normalized spacial score (nSPS) is 20.5. The highest BCUT2D eigenvalue weighted by Gasteiger charge is 2.47. The van der Waals surface area contributed by atoms with Crippen LogP contribution in [0.25, 0.3) is 10.4 Å². The lowest BCUT2D eigenvalue weighted by atomic mass is 10.00. The summed E-state index contributed by atoms with van der Waals surface area (Å²) in [4.78, 5) is 30.8. The number of aromatic nitrogens is 1. The molecule has 2 heterocycles. The van der Waals surface area contributed by atoms with E-state index in [0.29, 0.717) is 4.88 Å². The van der Waals surface area contributed by atoms with Crippen LogP contribution in [0.15, 0.2) is 30.5 Å². The van der Waals surface area contributed by atoms with Crippen molar-refractivity contribution >= 4 is 23.6 Å². The molecule has 0 unspecified atom stereocenters. The third-order valence-corrected chi connectivity index (χ3v) is 6.26. The molecule has 0 saturated carbocycles. The van der Waals surface area contributed by atoms with E-state index >= 15 is 0 Å². The zero-order valence-electron chi connectivity index (χ0n) is 21.2. The van der Waals surface area contributed by atoms with E-state index in [1.165, 1.54) is 11.1 Å². The highest BCUT2D eigenvalue weighted by molar-refractivity contribution is 7.15. The molecule has 198 valence electrons. The smallest absolute Gasteiger partial charge is 0.444 e. The lowest BCUT2D eigenvalue weighted by molar-refractivity contribution is -0.0486. The number of likely N-dealkylation sites (tertiary alicyclic amines) is 1. The fourth-order valence-corrected chi connectivity index (χ4v) is 4.48. The zero-order valence-corrected chi connectivity index (χ0v) is 22.0. The average Bonchev–Trinajstić information content (AvgIpc) is 3.33. The molecule has 0 bridgehead atoms. The van der Waals surface area contributed by atoms with Crippen LogP contribution in [0.1, 0.15) is 58.5 Å². The fourth-order valence-electron chi connectivity index (χ4n) is 3.70. The molecule has 1 amide bonds. The Labute approximate surface area is 213 Å². The van der Waals surface area contributed by atoms with Gasteiger partial charge in [-0.1, -0.05) is 24.3 Å². The van der Waals surface area contributed by atoms with Crippen LogP contribution in [0.2, 0.25) is 0 Å². The molecule has 11 heteroatoms. The summed E-state index contributed by atoms with van der Waals surface area (Å²) in [5, 5.41) is 10.8. The monoisotopic (exact) mass is 526 g/mol. The second-order valence-corrected chi connectivity index (χ2v) is 11.6. The Kier molecular flexibility index (Phi) is 8.24. The standard InChI is InChI=1S/C25H32F2N2O6S/c1-24(2,3)34-22(31)29-13-17(33-23(32)35-25(4,5)6)19(30)16(29)11-14-7-9-15(10-8-14)18-12-28-21(36-18)20(26)27/h7-10,12,16-17,19-20,30H,11,13H2,1-6H3/t16-,17+,19+/m1/s1. The first-order valence-corrected chi connectivity index (χ1v) is 12.3. The van der Waals surface area contributed by atoms with E-state index in [-0.39, 0.29) is 18.0 Å². The van der Waals surface area contributed by atoms with Gasteiger partial charge in [-0.25, -0.2) is 23.4 Å². The molecule has 1 aliphatic rings. The molecule has 2 aromatic rings. The van der Waals surface area contributed by atoms with E-state index in [4.69, 9.17) is 14.2 Å². The third-order valence-electron chi connectivity index (χ3n) is 5.21. The molecule has 1 aromatic heterocycles. The van der Waals surface area contributed by atoms with Gasteiger partial charge in [-0.2, -0.15) is 0 Å². The molecule has 1 aromatic carbocycles. The molecule has 1 fully saturated rings. The molecule has 1 aliphatic heterocycles. The van der Waals surface area contributed by atoms with Crippen LogP contribution in [0.5, 0.6) is 0 Å². The number of ether oxygens (including phenoxy) is 3. The van der Waals surface area contributed by atoms with Crippen molar-refractivity contribution in [1.29, 1.82) is 0 Å². The summed E-state index contributed by atoms with van der Waals surface area (Å²) in [5.74, 6) is 0. The van der Waals surface area contributed by atoms with Crippen LogP contribution in [0.4, 0.5) is 18.4 Å². The van der Waals surface area contributed by atoms with Gasteiger partial charge in [0.15, 0.2) is 11.1 Å². The summed E-state index contributed by atoms with van der Waals surface area (Å²) in [7, 11) is 0. The molecule has 1 N–H and O–H groups in total. The minimum atomic E-state index is -2.62. The molecule has 0 radical (unpaired) electrons. The molecule has 3 rings (SSSR count). The summed E-state index contributed by atoms with van der Waals surface area (Å²) in [6.07, 6.45) is -4.72. The highest BCUT2D eigenvalue weighted by Crippen LogP contribution is 2.32. The van der Waals surface area contributed by atoms with Crippen LogP contribution in [-0.2, 0) is 20.6 Å². The van der Waals surface area contributed by atoms with Gasteiger partial charge in [0.2, 0.25) is 0 Å². The summed E-state index contributed by atoms with van der Waals surface area (Å²) in [6, 6.07) is 6.39. The minimum absolute atomic E-state index is 0.0602. The lowest BCUT2D eigenvalue weighted by Gasteiger charge is -2.29. The predicted octanol–water partition coefficient (Wildman–Crippen LogP) is 5.59. The fraction of sp³-hybridized carbons (Fsp3) is 0.560. The van der Waals surface area contributed by atoms with Gasteiger partial charge in [-0.05, 0) is 59.1 Å². The second-order valence-electron chi connectivity index (χ2n) is 10.6. The van der Waals surface area contributed by atoms with E-state index in [9.17, 15) is 23.5 Å². The largest absolute Gasteiger partial charge is 0.509 e. The van der Waals surface area contributed by atoms with E-state index in [1.54, 1.807) is 65.8 Å². The van der Waals surface area contributed by atoms with Crippen LogP contribution in [0.3, 0.4) is 0 Å². The van der Waals surface area contributed by atoms with Crippen molar-refractivity contribution in [1.82, 2.24) is 9.88 Å². The van der Waals surface area contributed by atoms with Crippen molar-refractivity contribution in [3.63, 3.8) is 0 Å². The number of nitrogens with zero attached hydrogens (tertiary/aromatic N) is 2. The zero-order chi connectivity index (χ0) is 26.8. The number of aliphatic hydroxyl groups is 1. The number of aliphatic hydroxyl groups excluding tert-OH is 1. The third kappa shape index (κ3) is 7.36. The van der Waals surface area contributed by atoms with Gasteiger partial charge >= 0.3 is 12.2 Å². The molecule has 1 saturated heterocycles. The summed E-state index contributed by atoms with van der Waals surface area (Å²) >= 11 is 0.922. The number of hydrogen-bond acceptors (Lipinski definition) is 8. The van der Waals surface area contributed by atoms with Crippen molar-refractivity contribution < 1.29 is 37.7 Å². The number of amides is 1. The van der Waals surface area contributed by atoms with E-state index in [1.807, 2.05) is 0 Å². The summed E-state index contributed by atoms with van der Waals surface area (Å²) < 4.78 is 41.8. The Morgan fingerprint density at radius 2 is 1.72 bits per heavy atom. The Morgan fingerprint density at radius 3 is 2.25 bits per heavy atom. The number of thiazole rings is 1. The number of alkyl halides is 2.